The molecule has 0 aliphatic carbocycles. The normalized spacial score (nSPS) is 10.9. The second-order valence-electron chi connectivity index (χ2n) is 6.84. The highest BCUT2D eigenvalue weighted by molar-refractivity contribution is 5.97. The summed E-state index contributed by atoms with van der Waals surface area (Å²) in [4.78, 5) is 18.4. The van der Waals surface area contributed by atoms with Gasteiger partial charge in [-0.3, -0.25) is 4.79 Å². The summed E-state index contributed by atoms with van der Waals surface area (Å²) in [7, 11) is 0. The molecule has 4 rings (SSSR count). The molecule has 0 unspecified atom stereocenters. The van der Waals surface area contributed by atoms with E-state index >= 15 is 0 Å². The van der Waals surface area contributed by atoms with Gasteiger partial charge in [0.1, 0.15) is 0 Å². The van der Waals surface area contributed by atoms with Crippen molar-refractivity contribution in [1.29, 1.82) is 0 Å². The molecule has 4 aromatic rings. The summed E-state index contributed by atoms with van der Waals surface area (Å²) >= 11 is 0. The fourth-order valence-electron chi connectivity index (χ4n) is 3.35. The summed E-state index contributed by atoms with van der Waals surface area (Å²) in [5.41, 5.74) is 5.31. The van der Waals surface area contributed by atoms with Gasteiger partial charge in [-0.25, -0.2) is 0 Å². The number of carbonyl (C=O) groups excluding carboxylic acids is 1. The predicted octanol–water partition coefficient (Wildman–Crippen LogP) is 5.25. The highest BCUT2D eigenvalue weighted by atomic mass is 16.2. The minimum Gasteiger partial charge on any atom is -0.361 e. The number of aromatic amines is 1. The first-order valence-electron chi connectivity index (χ1n) is 9.16. The molecule has 1 amide bonds. The number of amides is 1. The Kier molecular flexibility index (Phi) is 4.75. The molecule has 134 valence electrons. The molecule has 3 heteroatoms. The summed E-state index contributed by atoms with van der Waals surface area (Å²) in [6.07, 6.45) is 2.31. The molecule has 0 aliphatic heterocycles. The van der Waals surface area contributed by atoms with E-state index in [0.717, 1.165) is 27.7 Å². The third-order valence-corrected chi connectivity index (χ3v) is 4.85. The Balaban J connectivity index is 1.64. The van der Waals surface area contributed by atoms with E-state index in [1.165, 1.54) is 5.56 Å². The second-order valence-corrected chi connectivity index (χ2v) is 6.84. The van der Waals surface area contributed by atoms with Crippen molar-refractivity contribution >= 4 is 22.5 Å². The molecule has 0 saturated carbocycles. The molecule has 0 spiro atoms. The number of aryl methyl sites for hydroxylation is 1. The number of rotatable bonds is 5. The number of benzene rings is 3. The van der Waals surface area contributed by atoms with Gasteiger partial charge < -0.3 is 9.88 Å². The van der Waals surface area contributed by atoms with E-state index in [2.05, 4.69) is 30.1 Å². The maximum absolute atomic E-state index is 13.3. The zero-order valence-corrected chi connectivity index (χ0v) is 15.4. The number of nitrogens with zero attached hydrogens (tertiary/aromatic N) is 1. The van der Waals surface area contributed by atoms with Crippen molar-refractivity contribution in [3.05, 3.63) is 102 Å². The van der Waals surface area contributed by atoms with Crippen LogP contribution in [0.4, 0.5) is 5.69 Å². The second kappa shape index (κ2) is 7.50. The molecule has 0 fully saturated rings. The molecular formula is C24H22N2O. The number of aromatic nitrogens is 1. The van der Waals surface area contributed by atoms with Gasteiger partial charge in [-0.2, -0.15) is 0 Å². The number of H-pyrrole nitrogens is 1. The SMILES string of the molecule is Cc1ccc(N(Cc2ccccc2)C(=O)Cc2c[nH]c3ccccc23)cc1. The standard InChI is InChI=1S/C24H22N2O/c1-18-11-13-21(14-12-18)26(17-19-7-3-2-4-8-19)24(27)15-20-16-25-23-10-6-5-9-22(20)23/h2-14,16,25H,15,17H2,1H3. The zero-order valence-electron chi connectivity index (χ0n) is 15.4. The average molecular weight is 354 g/mol. The molecule has 0 saturated heterocycles. The molecule has 0 radical (unpaired) electrons. The molecular weight excluding hydrogens is 332 g/mol. The van der Waals surface area contributed by atoms with Crippen LogP contribution in [0.25, 0.3) is 10.9 Å². The van der Waals surface area contributed by atoms with Crippen molar-refractivity contribution in [3.63, 3.8) is 0 Å². The fraction of sp³-hybridized carbons (Fsp3) is 0.125. The number of hydrogen-bond acceptors (Lipinski definition) is 1. The van der Waals surface area contributed by atoms with Gasteiger partial charge >= 0.3 is 0 Å². The lowest BCUT2D eigenvalue weighted by molar-refractivity contribution is -0.118. The van der Waals surface area contributed by atoms with E-state index in [-0.39, 0.29) is 5.91 Å². The molecule has 0 atom stereocenters. The van der Waals surface area contributed by atoms with Crippen LogP contribution in [0.5, 0.6) is 0 Å². The van der Waals surface area contributed by atoms with Crippen LogP contribution in [0.2, 0.25) is 0 Å². The number of fused-ring (bicyclic) bond motifs is 1. The van der Waals surface area contributed by atoms with Crippen molar-refractivity contribution < 1.29 is 4.79 Å². The van der Waals surface area contributed by atoms with Crippen molar-refractivity contribution in [3.8, 4) is 0 Å². The summed E-state index contributed by atoms with van der Waals surface area (Å²) in [5.74, 6) is 0.0902. The largest absolute Gasteiger partial charge is 0.361 e. The maximum Gasteiger partial charge on any atom is 0.231 e. The van der Waals surface area contributed by atoms with Gasteiger partial charge in [0, 0.05) is 22.8 Å². The Labute approximate surface area is 159 Å². The third-order valence-electron chi connectivity index (χ3n) is 4.85. The van der Waals surface area contributed by atoms with Gasteiger partial charge in [-0.1, -0.05) is 66.2 Å². The number of nitrogens with one attached hydrogen (secondary N) is 1. The Morgan fingerprint density at radius 1 is 0.889 bits per heavy atom. The number of para-hydroxylation sites is 1. The molecule has 1 N–H and O–H groups in total. The first kappa shape index (κ1) is 17.1. The van der Waals surface area contributed by atoms with Crippen LogP contribution in [-0.2, 0) is 17.8 Å². The third kappa shape index (κ3) is 3.77. The molecule has 27 heavy (non-hydrogen) atoms. The fourth-order valence-corrected chi connectivity index (χ4v) is 3.35. The van der Waals surface area contributed by atoms with Crippen molar-refractivity contribution in [2.45, 2.75) is 19.9 Å². The lowest BCUT2D eigenvalue weighted by Crippen LogP contribution is -2.31. The summed E-state index contributed by atoms with van der Waals surface area (Å²) in [6.45, 7) is 2.62. The highest BCUT2D eigenvalue weighted by Crippen LogP contribution is 2.23. The molecule has 0 aliphatic rings. The van der Waals surface area contributed by atoms with E-state index in [1.807, 2.05) is 71.8 Å². The summed E-state index contributed by atoms with van der Waals surface area (Å²) in [6, 6.07) is 26.3. The topological polar surface area (TPSA) is 36.1 Å². The van der Waals surface area contributed by atoms with E-state index in [0.29, 0.717) is 13.0 Å². The molecule has 0 bridgehead atoms. The van der Waals surface area contributed by atoms with E-state index in [4.69, 9.17) is 0 Å². The molecule has 1 aromatic heterocycles. The molecule has 3 nitrogen and oxygen atoms in total. The average Bonchev–Trinajstić information content (AvgIpc) is 3.11. The highest BCUT2D eigenvalue weighted by Gasteiger charge is 2.18. The van der Waals surface area contributed by atoms with E-state index in [1.54, 1.807) is 0 Å². The quantitative estimate of drug-likeness (QED) is 0.522. The first-order valence-corrected chi connectivity index (χ1v) is 9.16. The van der Waals surface area contributed by atoms with Crippen molar-refractivity contribution in [2.75, 3.05) is 4.90 Å². The number of hydrogen-bond donors (Lipinski definition) is 1. The van der Waals surface area contributed by atoms with Crippen LogP contribution in [0, 0.1) is 6.92 Å². The van der Waals surface area contributed by atoms with Crippen LogP contribution in [-0.4, -0.2) is 10.9 Å². The van der Waals surface area contributed by atoms with E-state index in [9.17, 15) is 4.79 Å². The predicted molar refractivity (Wildman–Crippen MR) is 111 cm³/mol. The number of carbonyl (C=O) groups is 1. The van der Waals surface area contributed by atoms with Crippen LogP contribution in [0.15, 0.2) is 85.1 Å². The van der Waals surface area contributed by atoms with Gasteiger partial charge in [-0.05, 0) is 36.2 Å². The minimum absolute atomic E-state index is 0.0902. The van der Waals surface area contributed by atoms with Gasteiger partial charge in [0.05, 0.1) is 13.0 Å². The van der Waals surface area contributed by atoms with Crippen molar-refractivity contribution in [2.24, 2.45) is 0 Å². The van der Waals surface area contributed by atoms with Crippen LogP contribution in [0.3, 0.4) is 0 Å². The van der Waals surface area contributed by atoms with Gasteiger partial charge in [0.15, 0.2) is 0 Å². The number of anilines is 1. The summed E-state index contributed by atoms with van der Waals surface area (Å²) < 4.78 is 0. The minimum atomic E-state index is 0.0902. The molecule has 3 aromatic carbocycles. The Hall–Kier alpha value is -3.33. The zero-order chi connectivity index (χ0) is 18.6. The van der Waals surface area contributed by atoms with Gasteiger partial charge in [0.2, 0.25) is 5.91 Å². The Bertz CT molecular complexity index is 1050. The summed E-state index contributed by atoms with van der Waals surface area (Å²) in [5, 5.41) is 1.11. The first-order chi connectivity index (χ1) is 13.2. The van der Waals surface area contributed by atoms with E-state index < -0.39 is 0 Å². The monoisotopic (exact) mass is 354 g/mol. The van der Waals surface area contributed by atoms with Gasteiger partial charge in [-0.15, -0.1) is 0 Å². The Morgan fingerprint density at radius 3 is 2.37 bits per heavy atom. The van der Waals surface area contributed by atoms with Gasteiger partial charge in [0.25, 0.3) is 0 Å². The lowest BCUT2D eigenvalue weighted by Gasteiger charge is -2.23. The Morgan fingerprint density at radius 2 is 1.59 bits per heavy atom. The smallest absolute Gasteiger partial charge is 0.231 e. The van der Waals surface area contributed by atoms with Crippen LogP contribution >= 0.6 is 0 Å². The van der Waals surface area contributed by atoms with Crippen molar-refractivity contribution in [1.82, 2.24) is 4.98 Å². The van der Waals surface area contributed by atoms with Crippen LogP contribution in [0.1, 0.15) is 16.7 Å². The van der Waals surface area contributed by atoms with Crippen LogP contribution < -0.4 is 4.90 Å². The maximum atomic E-state index is 13.3. The lowest BCUT2D eigenvalue weighted by atomic mass is 10.1. The molecule has 1 heterocycles.